The molecule has 0 spiro atoms. The molecule has 0 bridgehead atoms. The number of benzene rings is 1. The molecule has 1 aromatic heterocycles. The van der Waals surface area contributed by atoms with E-state index >= 15 is 0 Å². The Morgan fingerprint density at radius 2 is 1.96 bits per heavy atom. The van der Waals surface area contributed by atoms with Crippen molar-refractivity contribution in [3.8, 4) is 11.5 Å². The van der Waals surface area contributed by atoms with Crippen LogP contribution in [0.15, 0.2) is 42.7 Å². The van der Waals surface area contributed by atoms with Crippen LogP contribution >= 0.6 is 0 Å². The Morgan fingerprint density at radius 1 is 1.25 bits per heavy atom. The normalized spacial score (nSPS) is 12.0. The average molecular weight is 328 g/mol. The monoisotopic (exact) mass is 328 g/mol. The molecule has 0 aliphatic rings. The summed E-state index contributed by atoms with van der Waals surface area (Å²) in [5, 5.41) is 12.3. The van der Waals surface area contributed by atoms with Gasteiger partial charge in [-0.3, -0.25) is 9.78 Å². The van der Waals surface area contributed by atoms with Crippen molar-refractivity contribution in [3.63, 3.8) is 0 Å². The van der Waals surface area contributed by atoms with E-state index in [4.69, 9.17) is 4.74 Å². The van der Waals surface area contributed by atoms with E-state index < -0.39 is 0 Å². The van der Waals surface area contributed by atoms with Crippen molar-refractivity contribution in [1.82, 2.24) is 10.3 Å². The van der Waals surface area contributed by atoms with Gasteiger partial charge in [-0.25, -0.2) is 0 Å². The minimum absolute atomic E-state index is 0.0733. The van der Waals surface area contributed by atoms with E-state index in [1.54, 1.807) is 36.7 Å². The van der Waals surface area contributed by atoms with E-state index in [0.717, 1.165) is 12.0 Å². The van der Waals surface area contributed by atoms with Crippen molar-refractivity contribution in [3.05, 3.63) is 53.9 Å². The summed E-state index contributed by atoms with van der Waals surface area (Å²) in [6.07, 6.45) is 4.03. The molecule has 0 saturated heterocycles. The zero-order valence-electron chi connectivity index (χ0n) is 14.3. The van der Waals surface area contributed by atoms with Crippen LogP contribution in [0, 0.1) is 12.8 Å². The first kappa shape index (κ1) is 17.9. The summed E-state index contributed by atoms with van der Waals surface area (Å²) in [5.74, 6) is 1.47. The van der Waals surface area contributed by atoms with Crippen LogP contribution in [0.4, 0.5) is 0 Å². The van der Waals surface area contributed by atoms with Gasteiger partial charge in [0, 0.05) is 18.0 Å². The molecule has 0 aliphatic heterocycles. The number of carbonyl (C=O) groups excluding carboxylic acids is 1. The fourth-order valence-electron chi connectivity index (χ4n) is 2.40. The Labute approximate surface area is 142 Å². The zero-order chi connectivity index (χ0) is 17.5. The van der Waals surface area contributed by atoms with Gasteiger partial charge in [0.15, 0.2) is 0 Å². The SMILES string of the molecule is Cc1ccc(C(=O)NC(CO)CC(C)C)cc1Oc1ccncc1. The van der Waals surface area contributed by atoms with Crippen molar-refractivity contribution in [2.45, 2.75) is 33.2 Å². The summed E-state index contributed by atoms with van der Waals surface area (Å²) in [5.41, 5.74) is 1.44. The van der Waals surface area contributed by atoms with Gasteiger partial charge in [-0.05, 0) is 49.1 Å². The molecule has 5 heteroatoms. The lowest BCUT2D eigenvalue weighted by molar-refractivity contribution is 0.0908. The highest BCUT2D eigenvalue weighted by Crippen LogP contribution is 2.25. The molecule has 5 nitrogen and oxygen atoms in total. The number of rotatable bonds is 7. The number of amides is 1. The first-order valence-corrected chi connectivity index (χ1v) is 8.10. The summed E-state index contributed by atoms with van der Waals surface area (Å²) < 4.78 is 5.83. The van der Waals surface area contributed by atoms with Gasteiger partial charge in [-0.2, -0.15) is 0 Å². The number of nitrogens with zero attached hydrogens (tertiary/aromatic N) is 1. The molecule has 128 valence electrons. The van der Waals surface area contributed by atoms with Gasteiger partial charge in [0.1, 0.15) is 11.5 Å². The van der Waals surface area contributed by atoms with Crippen LogP contribution in [0.2, 0.25) is 0 Å². The van der Waals surface area contributed by atoms with E-state index in [1.807, 2.05) is 13.0 Å². The quantitative estimate of drug-likeness (QED) is 0.818. The second kappa shape index (κ2) is 8.45. The summed E-state index contributed by atoms with van der Waals surface area (Å²) in [4.78, 5) is 16.4. The Morgan fingerprint density at radius 3 is 2.58 bits per heavy atom. The van der Waals surface area contributed by atoms with Gasteiger partial charge in [0.25, 0.3) is 5.91 Å². The summed E-state index contributed by atoms with van der Waals surface area (Å²) in [6, 6.07) is 8.60. The largest absolute Gasteiger partial charge is 0.457 e. The molecule has 0 aliphatic carbocycles. The van der Waals surface area contributed by atoms with Gasteiger partial charge in [0.05, 0.1) is 12.6 Å². The molecule has 1 heterocycles. The van der Waals surface area contributed by atoms with E-state index in [0.29, 0.717) is 23.0 Å². The average Bonchev–Trinajstić information content (AvgIpc) is 2.56. The predicted molar refractivity (Wildman–Crippen MR) is 93.3 cm³/mol. The van der Waals surface area contributed by atoms with Crippen LogP contribution in [-0.4, -0.2) is 28.6 Å². The second-order valence-electron chi connectivity index (χ2n) is 6.25. The first-order valence-electron chi connectivity index (χ1n) is 8.10. The number of aliphatic hydroxyl groups is 1. The standard InChI is InChI=1S/C19H24N2O3/c1-13(2)10-16(12-22)21-19(23)15-5-4-14(3)18(11-15)24-17-6-8-20-9-7-17/h4-9,11,13,16,22H,10,12H2,1-3H3,(H,21,23). The van der Waals surface area contributed by atoms with Crippen molar-refractivity contribution in [2.75, 3.05) is 6.61 Å². The van der Waals surface area contributed by atoms with Crippen LogP contribution in [0.5, 0.6) is 11.5 Å². The number of pyridine rings is 1. The molecule has 1 atom stereocenters. The number of aromatic nitrogens is 1. The molecule has 2 N–H and O–H groups in total. The number of carbonyl (C=O) groups is 1. The lowest BCUT2D eigenvalue weighted by Gasteiger charge is -2.18. The lowest BCUT2D eigenvalue weighted by Crippen LogP contribution is -2.38. The molecular formula is C19H24N2O3. The van der Waals surface area contributed by atoms with Crippen molar-refractivity contribution < 1.29 is 14.6 Å². The van der Waals surface area contributed by atoms with E-state index in [1.165, 1.54) is 0 Å². The van der Waals surface area contributed by atoms with Gasteiger partial charge in [0.2, 0.25) is 0 Å². The highest BCUT2D eigenvalue weighted by Gasteiger charge is 2.15. The predicted octanol–water partition coefficient (Wildman–Crippen LogP) is 3.32. The molecule has 1 aromatic carbocycles. The lowest BCUT2D eigenvalue weighted by atomic mass is 10.0. The molecule has 1 unspecified atom stereocenters. The second-order valence-corrected chi connectivity index (χ2v) is 6.25. The number of nitrogens with one attached hydrogen (secondary N) is 1. The molecule has 1 amide bonds. The smallest absolute Gasteiger partial charge is 0.251 e. The number of hydrogen-bond acceptors (Lipinski definition) is 4. The summed E-state index contributed by atoms with van der Waals surface area (Å²) in [7, 11) is 0. The minimum atomic E-state index is -0.247. The number of aryl methyl sites for hydroxylation is 1. The third kappa shape index (κ3) is 5.06. The molecule has 0 radical (unpaired) electrons. The van der Waals surface area contributed by atoms with Gasteiger partial charge >= 0.3 is 0 Å². The molecule has 0 fully saturated rings. The molecule has 0 saturated carbocycles. The Kier molecular flexibility index (Phi) is 6.32. The summed E-state index contributed by atoms with van der Waals surface area (Å²) in [6.45, 7) is 5.96. The van der Waals surface area contributed by atoms with Crippen molar-refractivity contribution in [2.24, 2.45) is 5.92 Å². The molecular weight excluding hydrogens is 304 g/mol. The van der Waals surface area contributed by atoms with E-state index in [-0.39, 0.29) is 18.6 Å². The maximum absolute atomic E-state index is 12.4. The Balaban J connectivity index is 2.13. The minimum Gasteiger partial charge on any atom is -0.457 e. The maximum atomic E-state index is 12.4. The maximum Gasteiger partial charge on any atom is 0.251 e. The third-order valence-corrected chi connectivity index (χ3v) is 3.64. The topological polar surface area (TPSA) is 71.5 Å². The van der Waals surface area contributed by atoms with Crippen LogP contribution in [0.25, 0.3) is 0 Å². The zero-order valence-corrected chi connectivity index (χ0v) is 14.3. The van der Waals surface area contributed by atoms with Gasteiger partial charge in [-0.1, -0.05) is 19.9 Å². The van der Waals surface area contributed by atoms with Crippen LogP contribution in [0.3, 0.4) is 0 Å². The van der Waals surface area contributed by atoms with E-state index in [9.17, 15) is 9.90 Å². The van der Waals surface area contributed by atoms with Crippen LogP contribution in [-0.2, 0) is 0 Å². The Bertz CT molecular complexity index is 672. The molecule has 2 aromatic rings. The van der Waals surface area contributed by atoms with Crippen LogP contribution in [0.1, 0.15) is 36.2 Å². The number of hydrogen-bond donors (Lipinski definition) is 2. The molecule has 24 heavy (non-hydrogen) atoms. The fraction of sp³-hybridized carbons (Fsp3) is 0.368. The summed E-state index contributed by atoms with van der Waals surface area (Å²) >= 11 is 0. The van der Waals surface area contributed by atoms with E-state index in [2.05, 4.69) is 24.1 Å². The molecule has 2 rings (SSSR count). The van der Waals surface area contributed by atoms with Gasteiger partial charge < -0.3 is 15.2 Å². The highest BCUT2D eigenvalue weighted by atomic mass is 16.5. The highest BCUT2D eigenvalue weighted by molar-refractivity contribution is 5.95. The number of ether oxygens (including phenoxy) is 1. The first-order chi connectivity index (χ1) is 11.5. The number of aliphatic hydroxyl groups excluding tert-OH is 1. The van der Waals surface area contributed by atoms with Crippen molar-refractivity contribution in [1.29, 1.82) is 0 Å². The Hall–Kier alpha value is -2.40. The van der Waals surface area contributed by atoms with Crippen molar-refractivity contribution >= 4 is 5.91 Å². The third-order valence-electron chi connectivity index (χ3n) is 3.64. The van der Waals surface area contributed by atoms with Gasteiger partial charge in [-0.15, -0.1) is 0 Å². The fourth-order valence-corrected chi connectivity index (χ4v) is 2.40. The van der Waals surface area contributed by atoms with Crippen LogP contribution < -0.4 is 10.1 Å².